The first-order valence-electron chi connectivity index (χ1n) is 7.09. The molecule has 0 aliphatic carbocycles. The van der Waals surface area contributed by atoms with Crippen molar-refractivity contribution >= 4 is 5.97 Å². The zero-order chi connectivity index (χ0) is 14.4. The highest BCUT2D eigenvalue weighted by molar-refractivity contribution is 5.74. The average molecular weight is 278 g/mol. The number of likely N-dealkylation sites (tertiary alicyclic amines) is 1. The molecule has 0 spiro atoms. The Morgan fingerprint density at radius 2 is 2.25 bits per heavy atom. The van der Waals surface area contributed by atoms with E-state index in [9.17, 15) is 9.90 Å². The van der Waals surface area contributed by atoms with Gasteiger partial charge in [-0.3, -0.25) is 4.98 Å². The van der Waals surface area contributed by atoms with Gasteiger partial charge in [0.2, 0.25) is 0 Å². The SMILES string of the molecule is COC(=O)[C@@H](O)C1CCN(CCc2ccccn2)CC1. The van der Waals surface area contributed by atoms with Gasteiger partial charge in [-0.25, -0.2) is 4.79 Å². The largest absolute Gasteiger partial charge is 0.467 e. The van der Waals surface area contributed by atoms with Crippen molar-refractivity contribution in [3.05, 3.63) is 30.1 Å². The molecule has 2 heterocycles. The van der Waals surface area contributed by atoms with Crippen LogP contribution in [0.15, 0.2) is 24.4 Å². The van der Waals surface area contributed by atoms with Gasteiger partial charge in [0.05, 0.1) is 7.11 Å². The summed E-state index contributed by atoms with van der Waals surface area (Å²) in [5.41, 5.74) is 1.10. The highest BCUT2D eigenvalue weighted by Gasteiger charge is 2.30. The van der Waals surface area contributed by atoms with Crippen LogP contribution in [0.1, 0.15) is 18.5 Å². The number of aliphatic hydroxyl groups excluding tert-OH is 1. The number of carbonyl (C=O) groups is 1. The third-order valence-electron chi connectivity index (χ3n) is 3.93. The zero-order valence-electron chi connectivity index (χ0n) is 11.9. The molecule has 1 atom stereocenters. The second kappa shape index (κ2) is 7.36. The van der Waals surface area contributed by atoms with Crippen molar-refractivity contribution in [1.82, 2.24) is 9.88 Å². The molecule has 1 aromatic rings. The van der Waals surface area contributed by atoms with E-state index in [-0.39, 0.29) is 5.92 Å². The monoisotopic (exact) mass is 278 g/mol. The Labute approximate surface area is 119 Å². The summed E-state index contributed by atoms with van der Waals surface area (Å²) in [4.78, 5) is 18.0. The zero-order valence-corrected chi connectivity index (χ0v) is 11.9. The van der Waals surface area contributed by atoms with Crippen molar-refractivity contribution in [3.63, 3.8) is 0 Å². The van der Waals surface area contributed by atoms with E-state index in [1.54, 1.807) is 0 Å². The summed E-state index contributed by atoms with van der Waals surface area (Å²) in [5, 5.41) is 9.83. The Morgan fingerprint density at radius 3 is 2.85 bits per heavy atom. The number of pyridine rings is 1. The average Bonchev–Trinajstić information content (AvgIpc) is 2.53. The fourth-order valence-electron chi connectivity index (χ4n) is 2.62. The standard InChI is InChI=1S/C15H22N2O3/c1-20-15(19)14(18)12-5-9-17(10-6-12)11-7-13-4-2-3-8-16-13/h2-4,8,12,14,18H,5-7,9-11H2,1H3/t14-/m0/s1. The molecule has 1 aromatic heterocycles. The van der Waals surface area contributed by atoms with E-state index in [4.69, 9.17) is 0 Å². The molecular weight excluding hydrogens is 256 g/mol. The van der Waals surface area contributed by atoms with Crippen molar-refractivity contribution in [2.75, 3.05) is 26.7 Å². The van der Waals surface area contributed by atoms with Crippen molar-refractivity contribution in [2.24, 2.45) is 5.92 Å². The van der Waals surface area contributed by atoms with Crippen molar-refractivity contribution in [2.45, 2.75) is 25.4 Å². The lowest BCUT2D eigenvalue weighted by Crippen LogP contribution is -2.41. The van der Waals surface area contributed by atoms with Gasteiger partial charge in [-0.2, -0.15) is 0 Å². The molecule has 1 aliphatic rings. The smallest absolute Gasteiger partial charge is 0.334 e. The first kappa shape index (κ1) is 14.9. The van der Waals surface area contributed by atoms with Crippen molar-refractivity contribution in [1.29, 1.82) is 0 Å². The second-order valence-corrected chi connectivity index (χ2v) is 5.22. The maximum absolute atomic E-state index is 11.3. The third-order valence-corrected chi connectivity index (χ3v) is 3.93. The Kier molecular flexibility index (Phi) is 5.49. The van der Waals surface area contributed by atoms with E-state index in [2.05, 4.69) is 14.6 Å². The fraction of sp³-hybridized carbons (Fsp3) is 0.600. The summed E-state index contributed by atoms with van der Waals surface area (Å²) in [6, 6.07) is 5.96. The number of ether oxygens (including phenoxy) is 1. The number of carbonyl (C=O) groups excluding carboxylic acids is 1. The molecule has 1 N–H and O–H groups in total. The van der Waals surface area contributed by atoms with E-state index >= 15 is 0 Å². The van der Waals surface area contributed by atoms with Gasteiger partial charge >= 0.3 is 5.97 Å². The molecule has 0 saturated carbocycles. The lowest BCUT2D eigenvalue weighted by molar-refractivity contribution is -0.154. The van der Waals surface area contributed by atoms with E-state index in [0.29, 0.717) is 0 Å². The summed E-state index contributed by atoms with van der Waals surface area (Å²) < 4.78 is 4.59. The minimum absolute atomic E-state index is 0.0218. The van der Waals surface area contributed by atoms with Crippen LogP contribution in [-0.2, 0) is 16.0 Å². The summed E-state index contributed by atoms with van der Waals surface area (Å²) in [5.74, 6) is -0.495. The van der Waals surface area contributed by atoms with Crippen molar-refractivity contribution in [3.8, 4) is 0 Å². The number of hydrogen-bond acceptors (Lipinski definition) is 5. The Bertz CT molecular complexity index is 416. The molecular formula is C15H22N2O3. The lowest BCUT2D eigenvalue weighted by Gasteiger charge is -2.33. The van der Waals surface area contributed by atoms with Crippen LogP contribution in [0.3, 0.4) is 0 Å². The van der Waals surface area contributed by atoms with Crippen LogP contribution >= 0.6 is 0 Å². The predicted octanol–water partition coefficient (Wildman–Crippen LogP) is 0.870. The van der Waals surface area contributed by atoms with E-state index in [1.165, 1.54) is 7.11 Å². The normalized spacial score (nSPS) is 18.7. The number of piperidine rings is 1. The number of aromatic nitrogens is 1. The van der Waals surface area contributed by atoms with Gasteiger partial charge in [0.15, 0.2) is 6.10 Å². The Balaban J connectivity index is 1.73. The van der Waals surface area contributed by atoms with Gasteiger partial charge in [-0.05, 0) is 44.0 Å². The molecule has 20 heavy (non-hydrogen) atoms. The summed E-state index contributed by atoms with van der Waals surface area (Å²) in [7, 11) is 1.31. The van der Waals surface area contributed by atoms with E-state index in [1.807, 2.05) is 24.4 Å². The molecule has 0 bridgehead atoms. The summed E-state index contributed by atoms with van der Waals surface area (Å²) in [6.07, 6.45) is 3.44. The first-order valence-corrected chi connectivity index (χ1v) is 7.09. The van der Waals surface area contributed by atoms with Crippen LogP contribution in [0, 0.1) is 5.92 Å². The van der Waals surface area contributed by atoms with Crippen LogP contribution in [-0.4, -0.2) is 53.8 Å². The van der Waals surface area contributed by atoms with Gasteiger partial charge in [0.25, 0.3) is 0 Å². The van der Waals surface area contributed by atoms with Crippen LogP contribution in [0.4, 0.5) is 0 Å². The fourth-order valence-corrected chi connectivity index (χ4v) is 2.62. The van der Waals surface area contributed by atoms with Gasteiger partial charge in [-0.15, -0.1) is 0 Å². The molecule has 110 valence electrons. The number of esters is 1. The maximum Gasteiger partial charge on any atom is 0.334 e. The molecule has 5 heteroatoms. The van der Waals surface area contributed by atoms with Gasteiger partial charge in [-0.1, -0.05) is 6.07 Å². The molecule has 5 nitrogen and oxygen atoms in total. The second-order valence-electron chi connectivity index (χ2n) is 5.22. The number of methoxy groups -OCH3 is 1. The van der Waals surface area contributed by atoms with Gasteiger partial charge in [0.1, 0.15) is 0 Å². The maximum atomic E-state index is 11.3. The quantitative estimate of drug-likeness (QED) is 0.810. The van der Waals surface area contributed by atoms with Crippen LogP contribution in [0.25, 0.3) is 0 Å². The highest BCUT2D eigenvalue weighted by atomic mass is 16.5. The highest BCUT2D eigenvalue weighted by Crippen LogP contribution is 2.21. The molecule has 0 aromatic carbocycles. The molecule has 0 radical (unpaired) electrons. The Hall–Kier alpha value is -1.46. The molecule has 0 amide bonds. The van der Waals surface area contributed by atoms with Crippen molar-refractivity contribution < 1.29 is 14.6 Å². The number of rotatable bonds is 5. The van der Waals surface area contributed by atoms with Gasteiger partial charge in [0, 0.05) is 24.9 Å². The van der Waals surface area contributed by atoms with E-state index in [0.717, 1.165) is 44.6 Å². The number of aliphatic hydroxyl groups is 1. The molecule has 1 saturated heterocycles. The topological polar surface area (TPSA) is 62.7 Å². The van der Waals surface area contributed by atoms with Crippen LogP contribution in [0.5, 0.6) is 0 Å². The van der Waals surface area contributed by atoms with Gasteiger partial charge < -0.3 is 14.7 Å². The number of hydrogen-bond donors (Lipinski definition) is 1. The van der Waals surface area contributed by atoms with Crippen LogP contribution in [0.2, 0.25) is 0 Å². The van der Waals surface area contributed by atoms with Crippen LogP contribution < -0.4 is 0 Å². The number of nitrogens with zero attached hydrogens (tertiary/aromatic N) is 2. The first-order chi connectivity index (χ1) is 9.70. The molecule has 2 rings (SSSR count). The minimum atomic E-state index is -0.974. The summed E-state index contributed by atoms with van der Waals surface area (Å²) in [6.45, 7) is 2.79. The predicted molar refractivity (Wildman–Crippen MR) is 75.1 cm³/mol. The minimum Gasteiger partial charge on any atom is -0.467 e. The molecule has 0 unspecified atom stereocenters. The summed E-state index contributed by atoms with van der Waals surface area (Å²) >= 11 is 0. The molecule has 1 aliphatic heterocycles. The molecule has 1 fully saturated rings. The third kappa shape index (κ3) is 4.02. The van der Waals surface area contributed by atoms with E-state index < -0.39 is 12.1 Å². The lowest BCUT2D eigenvalue weighted by atomic mass is 9.91. The Morgan fingerprint density at radius 1 is 1.50 bits per heavy atom.